The first-order valence-corrected chi connectivity index (χ1v) is 8.89. The molecule has 1 heterocycles. The third-order valence-electron chi connectivity index (χ3n) is 4.79. The summed E-state index contributed by atoms with van der Waals surface area (Å²) in [5.74, 6) is 2.23. The second-order valence-electron chi connectivity index (χ2n) is 6.43. The van der Waals surface area contributed by atoms with E-state index < -0.39 is 0 Å². The molecule has 0 aromatic heterocycles. The van der Waals surface area contributed by atoms with E-state index in [0.29, 0.717) is 11.3 Å². The molecule has 0 saturated heterocycles. The molecule has 2 aromatic carbocycles. The molecule has 0 N–H and O–H groups in total. The molecule has 0 unspecified atom stereocenters. The normalized spacial score (nSPS) is 14.2. The van der Waals surface area contributed by atoms with E-state index in [1.807, 2.05) is 30.3 Å². The summed E-state index contributed by atoms with van der Waals surface area (Å²) < 4.78 is 16.5. The number of nitrogens with zero attached hydrogens (tertiary/aromatic N) is 2. The van der Waals surface area contributed by atoms with Gasteiger partial charge in [-0.3, -0.25) is 4.90 Å². The van der Waals surface area contributed by atoms with E-state index in [0.717, 1.165) is 48.7 Å². The highest BCUT2D eigenvalue weighted by Gasteiger charge is 2.21. The summed E-state index contributed by atoms with van der Waals surface area (Å²) in [6, 6.07) is 13.8. The van der Waals surface area contributed by atoms with Gasteiger partial charge in [-0.1, -0.05) is 18.2 Å². The van der Waals surface area contributed by atoms with E-state index in [-0.39, 0.29) is 0 Å². The van der Waals surface area contributed by atoms with E-state index in [2.05, 4.69) is 23.1 Å². The van der Waals surface area contributed by atoms with Crippen LogP contribution < -0.4 is 14.2 Å². The summed E-state index contributed by atoms with van der Waals surface area (Å²) in [6.45, 7) is 2.60. The molecule has 0 bridgehead atoms. The number of ether oxygens (including phenoxy) is 3. The van der Waals surface area contributed by atoms with Crippen LogP contribution in [0.3, 0.4) is 0 Å². The Balaban J connectivity index is 1.80. The molecule has 0 fully saturated rings. The van der Waals surface area contributed by atoms with Crippen molar-refractivity contribution >= 4 is 5.57 Å². The first kappa shape index (κ1) is 18.8. The van der Waals surface area contributed by atoms with Gasteiger partial charge in [0.25, 0.3) is 0 Å². The molecule has 1 aliphatic rings. The van der Waals surface area contributed by atoms with Crippen LogP contribution in [0.5, 0.6) is 17.2 Å². The maximum atomic E-state index is 9.06. The molecule has 3 rings (SSSR count). The van der Waals surface area contributed by atoms with Crippen LogP contribution in [0.1, 0.15) is 23.1 Å². The Hall–Kier alpha value is -2.97. The van der Waals surface area contributed by atoms with Crippen LogP contribution in [0.4, 0.5) is 0 Å². The molecule has 0 aliphatic carbocycles. The van der Waals surface area contributed by atoms with Gasteiger partial charge in [0.2, 0.25) is 0 Å². The molecule has 2 aromatic rings. The smallest absolute Gasteiger partial charge is 0.133 e. The molecular formula is C22H24N2O3. The van der Waals surface area contributed by atoms with E-state index in [1.165, 1.54) is 5.57 Å². The van der Waals surface area contributed by atoms with Crippen molar-refractivity contribution in [2.24, 2.45) is 0 Å². The monoisotopic (exact) mass is 364 g/mol. The van der Waals surface area contributed by atoms with Crippen LogP contribution in [0.25, 0.3) is 5.57 Å². The minimum absolute atomic E-state index is 0.702. The Bertz CT molecular complexity index is 858. The van der Waals surface area contributed by atoms with Crippen LogP contribution in [-0.4, -0.2) is 39.3 Å². The van der Waals surface area contributed by atoms with Gasteiger partial charge in [-0.05, 0) is 29.7 Å². The van der Waals surface area contributed by atoms with Gasteiger partial charge in [0.05, 0.1) is 38.5 Å². The number of hydrogen-bond acceptors (Lipinski definition) is 5. The summed E-state index contributed by atoms with van der Waals surface area (Å²) in [6.07, 6.45) is 3.13. The summed E-state index contributed by atoms with van der Waals surface area (Å²) in [7, 11) is 4.96. The van der Waals surface area contributed by atoms with Gasteiger partial charge < -0.3 is 14.2 Å². The lowest BCUT2D eigenvalue weighted by Gasteiger charge is -2.28. The van der Waals surface area contributed by atoms with Crippen molar-refractivity contribution in [2.75, 3.05) is 34.4 Å². The van der Waals surface area contributed by atoms with Crippen molar-refractivity contribution in [2.45, 2.75) is 13.0 Å². The van der Waals surface area contributed by atoms with Crippen molar-refractivity contribution in [1.82, 2.24) is 4.90 Å². The average Bonchev–Trinajstić information content (AvgIpc) is 2.73. The Morgan fingerprint density at radius 3 is 2.33 bits per heavy atom. The number of benzene rings is 2. The molecule has 0 radical (unpaired) electrons. The summed E-state index contributed by atoms with van der Waals surface area (Å²) in [5, 5.41) is 9.06. The number of hydrogen-bond donors (Lipinski definition) is 0. The zero-order valence-corrected chi connectivity index (χ0v) is 16.0. The fourth-order valence-electron chi connectivity index (χ4n) is 3.40. The first-order valence-electron chi connectivity index (χ1n) is 8.89. The van der Waals surface area contributed by atoms with Crippen LogP contribution in [0.2, 0.25) is 0 Å². The van der Waals surface area contributed by atoms with E-state index in [1.54, 1.807) is 21.3 Å². The fourth-order valence-corrected chi connectivity index (χ4v) is 3.40. The lowest BCUT2D eigenvalue weighted by Crippen LogP contribution is -2.28. The predicted octanol–water partition coefficient (Wildman–Crippen LogP) is 3.87. The van der Waals surface area contributed by atoms with E-state index in [4.69, 9.17) is 19.5 Å². The molecule has 0 spiro atoms. The number of rotatable bonds is 6. The lowest BCUT2D eigenvalue weighted by atomic mass is 9.97. The molecule has 0 amide bonds. The third-order valence-corrected chi connectivity index (χ3v) is 4.79. The van der Waals surface area contributed by atoms with Gasteiger partial charge >= 0.3 is 0 Å². The molecule has 5 nitrogen and oxygen atoms in total. The van der Waals surface area contributed by atoms with Crippen LogP contribution in [0, 0.1) is 11.3 Å². The topological polar surface area (TPSA) is 54.7 Å². The average molecular weight is 364 g/mol. The van der Waals surface area contributed by atoms with Crippen molar-refractivity contribution in [3.63, 3.8) is 0 Å². The second kappa shape index (κ2) is 8.61. The third kappa shape index (κ3) is 4.24. The Morgan fingerprint density at radius 1 is 1.04 bits per heavy atom. The Morgan fingerprint density at radius 2 is 1.78 bits per heavy atom. The fraction of sp³-hybridized carbons (Fsp3) is 0.318. The number of nitriles is 1. The van der Waals surface area contributed by atoms with Crippen molar-refractivity contribution in [3.8, 4) is 23.3 Å². The zero-order chi connectivity index (χ0) is 19.2. The largest absolute Gasteiger partial charge is 0.496 e. The van der Waals surface area contributed by atoms with Gasteiger partial charge in [0.15, 0.2) is 0 Å². The minimum Gasteiger partial charge on any atom is -0.496 e. The Labute approximate surface area is 160 Å². The standard InChI is InChI=1S/C22H24N2O3/c1-25-19-12-20(26-2)22(21(13-19)27-3)18-7-9-24(10-8-18)15-17-6-4-5-16(11-17)14-23/h4-7,11-13H,8-10,15H2,1-3H3. The minimum atomic E-state index is 0.702. The second-order valence-corrected chi connectivity index (χ2v) is 6.43. The zero-order valence-electron chi connectivity index (χ0n) is 16.0. The van der Waals surface area contributed by atoms with Crippen LogP contribution >= 0.6 is 0 Å². The SMILES string of the molecule is COc1cc(OC)c(C2=CCN(Cc3cccc(C#N)c3)CC2)c(OC)c1. The van der Waals surface area contributed by atoms with Crippen molar-refractivity contribution in [1.29, 1.82) is 5.26 Å². The van der Waals surface area contributed by atoms with Gasteiger partial charge in [0.1, 0.15) is 17.2 Å². The van der Waals surface area contributed by atoms with Gasteiger partial charge in [0, 0.05) is 31.8 Å². The van der Waals surface area contributed by atoms with Gasteiger partial charge in [-0.2, -0.15) is 5.26 Å². The van der Waals surface area contributed by atoms with E-state index in [9.17, 15) is 0 Å². The predicted molar refractivity (Wildman–Crippen MR) is 105 cm³/mol. The number of methoxy groups -OCH3 is 3. The highest BCUT2D eigenvalue weighted by Crippen LogP contribution is 2.40. The maximum absolute atomic E-state index is 9.06. The molecule has 0 atom stereocenters. The summed E-state index contributed by atoms with van der Waals surface area (Å²) in [4.78, 5) is 2.36. The first-order chi connectivity index (χ1) is 13.2. The van der Waals surface area contributed by atoms with Crippen LogP contribution in [-0.2, 0) is 6.54 Å². The molecule has 1 aliphatic heterocycles. The van der Waals surface area contributed by atoms with Gasteiger partial charge in [-0.15, -0.1) is 0 Å². The quantitative estimate of drug-likeness (QED) is 0.779. The Kier molecular flexibility index (Phi) is 6.00. The van der Waals surface area contributed by atoms with Crippen LogP contribution in [0.15, 0.2) is 42.5 Å². The molecule has 140 valence electrons. The van der Waals surface area contributed by atoms with Crippen molar-refractivity contribution < 1.29 is 14.2 Å². The maximum Gasteiger partial charge on any atom is 0.133 e. The molecule has 0 saturated carbocycles. The highest BCUT2D eigenvalue weighted by molar-refractivity contribution is 5.77. The molecule has 5 heteroatoms. The highest BCUT2D eigenvalue weighted by atomic mass is 16.5. The van der Waals surface area contributed by atoms with Gasteiger partial charge in [-0.25, -0.2) is 0 Å². The van der Waals surface area contributed by atoms with E-state index >= 15 is 0 Å². The van der Waals surface area contributed by atoms with Crippen molar-refractivity contribution in [3.05, 3.63) is 59.2 Å². The molecular weight excluding hydrogens is 340 g/mol. The molecule has 27 heavy (non-hydrogen) atoms. The summed E-state index contributed by atoms with van der Waals surface area (Å²) in [5.41, 5.74) is 4.07. The summed E-state index contributed by atoms with van der Waals surface area (Å²) >= 11 is 0. The lowest BCUT2D eigenvalue weighted by molar-refractivity contribution is 0.293.